The Hall–Kier alpha value is -0.670. The van der Waals surface area contributed by atoms with Crippen LogP contribution in [0.1, 0.15) is 38.7 Å². The highest BCUT2D eigenvalue weighted by Gasteiger charge is 2.37. The molecule has 0 aromatic carbocycles. The highest BCUT2D eigenvalue weighted by atomic mass is 32.1. The monoisotopic (exact) mass is 265 g/mol. The summed E-state index contributed by atoms with van der Waals surface area (Å²) in [5.74, 6) is 0.698. The lowest BCUT2D eigenvalue weighted by atomic mass is 9.71. The van der Waals surface area contributed by atoms with Crippen LogP contribution in [0.4, 0.5) is 0 Å². The quantitative estimate of drug-likeness (QED) is 0.829. The van der Waals surface area contributed by atoms with E-state index in [0.717, 1.165) is 25.9 Å². The summed E-state index contributed by atoms with van der Waals surface area (Å²) in [5, 5.41) is 4.29. The van der Waals surface area contributed by atoms with Gasteiger partial charge in [0.05, 0.1) is 0 Å². The number of thiophene rings is 1. The zero-order valence-electron chi connectivity index (χ0n) is 11.6. The first-order valence-corrected chi connectivity index (χ1v) is 7.67. The van der Waals surface area contributed by atoms with E-state index in [1.54, 1.807) is 11.3 Å². The fraction of sp³-hybridized carbons (Fsp3) is 0.667. The molecule has 100 valence electrons. The normalized spacial score (nSPS) is 23.6. The Labute approximate surface area is 114 Å². The molecule has 1 aliphatic carbocycles. The molecule has 1 aromatic heterocycles. The van der Waals surface area contributed by atoms with Crippen LogP contribution in [-0.4, -0.2) is 24.3 Å². The smallest absolute Gasteiger partial charge is 0.142 e. The second-order valence-corrected chi connectivity index (χ2v) is 6.95. The lowest BCUT2D eigenvalue weighted by Crippen LogP contribution is -2.40. The second-order valence-electron chi connectivity index (χ2n) is 6.17. The van der Waals surface area contributed by atoms with E-state index in [0.29, 0.717) is 5.78 Å². The van der Waals surface area contributed by atoms with Gasteiger partial charge in [0.25, 0.3) is 0 Å². The molecule has 0 aliphatic heterocycles. The van der Waals surface area contributed by atoms with Gasteiger partial charge in [0.1, 0.15) is 5.78 Å². The van der Waals surface area contributed by atoms with Gasteiger partial charge in [-0.3, -0.25) is 4.79 Å². The number of carbonyl (C=O) groups is 1. The summed E-state index contributed by atoms with van der Waals surface area (Å²) in [6.45, 7) is 6.05. The number of hydrogen-bond donors (Lipinski definition) is 0. The van der Waals surface area contributed by atoms with Crippen molar-refractivity contribution in [3.8, 4) is 0 Å². The summed E-state index contributed by atoms with van der Waals surface area (Å²) in [6.07, 6.45) is 3.31. The van der Waals surface area contributed by atoms with Crippen molar-refractivity contribution in [3.63, 3.8) is 0 Å². The zero-order valence-corrected chi connectivity index (χ0v) is 12.4. The van der Waals surface area contributed by atoms with Crippen LogP contribution in [0, 0.1) is 11.3 Å². The molecular weight excluding hydrogens is 242 g/mol. The van der Waals surface area contributed by atoms with Crippen LogP contribution < -0.4 is 0 Å². The molecule has 18 heavy (non-hydrogen) atoms. The predicted octanol–water partition coefficient (Wildman–Crippen LogP) is 3.58. The molecule has 2 nitrogen and oxygen atoms in total. The Balaban J connectivity index is 1.90. The molecule has 0 spiro atoms. The Bertz CT molecular complexity index is 397. The van der Waals surface area contributed by atoms with Crippen molar-refractivity contribution in [2.75, 3.05) is 13.6 Å². The highest BCUT2D eigenvalue weighted by Crippen LogP contribution is 2.35. The van der Waals surface area contributed by atoms with Gasteiger partial charge in [-0.25, -0.2) is 0 Å². The Kier molecular flexibility index (Phi) is 4.23. The second kappa shape index (κ2) is 5.54. The molecule has 1 saturated carbocycles. The van der Waals surface area contributed by atoms with E-state index in [1.165, 1.54) is 12.0 Å². The van der Waals surface area contributed by atoms with Crippen LogP contribution in [0.2, 0.25) is 0 Å². The average Bonchev–Trinajstić information content (AvgIpc) is 2.77. The van der Waals surface area contributed by atoms with Crippen molar-refractivity contribution in [2.24, 2.45) is 11.3 Å². The minimum atomic E-state index is -0.105. The molecule has 0 radical (unpaired) electrons. The third kappa shape index (κ3) is 3.21. The van der Waals surface area contributed by atoms with Gasteiger partial charge < -0.3 is 4.90 Å². The van der Waals surface area contributed by atoms with Crippen molar-refractivity contribution in [1.29, 1.82) is 0 Å². The predicted molar refractivity (Wildman–Crippen MR) is 76.8 cm³/mol. The van der Waals surface area contributed by atoms with E-state index in [2.05, 4.69) is 42.6 Å². The van der Waals surface area contributed by atoms with E-state index < -0.39 is 0 Å². The fourth-order valence-corrected chi connectivity index (χ4v) is 3.57. The minimum Gasteiger partial charge on any atom is -0.301 e. The van der Waals surface area contributed by atoms with Crippen LogP contribution in [0.5, 0.6) is 0 Å². The summed E-state index contributed by atoms with van der Waals surface area (Å²) in [5.41, 5.74) is 1.25. The van der Waals surface area contributed by atoms with Gasteiger partial charge in [-0.15, -0.1) is 0 Å². The first-order valence-electron chi connectivity index (χ1n) is 6.73. The molecule has 0 amide bonds. The molecule has 1 fully saturated rings. The van der Waals surface area contributed by atoms with Crippen LogP contribution in [0.25, 0.3) is 0 Å². The third-order valence-electron chi connectivity index (χ3n) is 3.96. The molecule has 0 N–H and O–H groups in total. The Morgan fingerprint density at radius 1 is 1.50 bits per heavy atom. The number of carbonyl (C=O) groups excluding carboxylic acids is 1. The van der Waals surface area contributed by atoms with Crippen molar-refractivity contribution < 1.29 is 4.79 Å². The molecule has 0 bridgehead atoms. The highest BCUT2D eigenvalue weighted by molar-refractivity contribution is 7.07. The summed E-state index contributed by atoms with van der Waals surface area (Å²) in [4.78, 5) is 14.6. The molecule has 1 heterocycles. The molecule has 3 heteroatoms. The van der Waals surface area contributed by atoms with Gasteiger partial charge >= 0.3 is 0 Å². The molecule has 0 saturated heterocycles. The van der Waals surface area contributed by atoms with Crippen molar-refractivity contribution in [1.82, 2.24) is 4.90 Å². The molecule has 1 aliphatic rings. The lowest BCUT2D eigenvalue weighted by molar-refractivity contribution is -0.134. The van der Waals surface area contributed by atoms with Gasteiger partial charge in [-0.1, -0.05) is 20.3 Å². The summed E-state index contributed by atoms with van der Waals surface area (Å²) in [7, 11) is 2.12. The van der Waals surface area contributed by atoms with Crippen LogP contribution >= 0.6 is 11.3 Å². The first-order chi connectivity index (χ1) is 8.49. The Morgan fingerprint density at radius 3 is 2.94 bits per heavy atom. The molecular formula is C15H23NOS. The van der Waals surface area contributed by atoms with Crippen molar-refractivity contribution in [2.45, 2.75) is 39.7 Å². The first kappa shape index (κ1) is 13.8. The minimum absolute atomic E-state index is 0.105. The number of hydrogen-bond acceptors (Lipinski definition) is 3. The average molecular weight is 265 g/mol. The van der Waals surface area contributed by atoms with E-state index in [4.69, 9.17) is 0 Å². The fourth-order valence-electron chi connectivity index (χ4n) is 2.91. The molecule has 1 aromatic rings. The van der Waals surface area contributed by atoms with Crippen LogP contribution in [0.15, 0.2) is 16.8 Å². The zero-order chi connectivity index (χ0) is 13.2. The number of ketones is 1. The van der Waals surface area contributed by atoms with E-state index in [-0.39, 0.29) is 11.3 Å². The van der Waals surface area contributed by atoms with Gasteiger partial charge in [0, 0.05) is 24.4 Å². The Morgan fingerprint density at radius 2 is 2.28 bits per heavy atom. The van der Waals surface area contributed by atoms with Crippen molar-refractivity contribution in [3.05, 3.63) is 22.4 Å². The molecule has 1 unspecified atom stereocenters. The number of rotatable bonds is 4. The maximum Gasteiger partial charge on any atom is 0.142 e. The van der Waals surface area contributed by atoms with Crippen LogP contribution in [0.3, 0.4) is 0 Å². The van der Waals surface area contributed by atoms with E-state index in [1.807, 2.05) is 0 Å². The lowest BCUT2D eigenvalue weighted by Gasteiger charge is -2.35. The maximum atomic E-state index is 12.4. The summed E-state index contributed by atoms with van der Waals surface area (Å²) in [6, 6.07) is 2.16. The number of nitrogens with zero attached hydrogens (tertiary/aromatic N) is 1. The molecule has 2 rings (SSSR count). The number of Topliss-reactive ketones (excluding diaryl/α,β-unsaturated/α-hetero) is 1. The van der Waals surface area contributed by atoms with Gasteiger partial charge in [-0.2, -0.15) is 11.3 Å². The maximum absolute atomic E-state index is 12.4. The third-order valence-corrected chi connectivity index (χ3v) is 4.69. The standard InChI is InChI=1S/C15H23NOS/c1-15(2)7-4-5-13(14(15)17)10-16(3)9-12-6-8-18-11-12/h6,8,11,13H,4-5,7,9-10H2,1-3H3. The largest absolute Gasteiger partial charge is 0.301 e. The van der Waals surface area contributed by atoms with Crippen LogP contribution in [-0.2, 0) is 11.3 Å². The topological polar surface area (TPSA) is 20.3 Å². The van der Waals surface area contributed by atoms with Gasteiger partial charge in [-0.05, 0) is 42.3 Å². The molecule has 1 atom stereocenters. The van der Waals surface area contributed by atoms with E-state index >= 15 is 0 Å². The van der Waals surface area contributed by atoms with Gasteiger partial charge in [0.15, 0.2) is 0 Å². The van der Waals surface area contributed by atoms with E-state index in [9.17, 15) is 4.79 Å². The summed E-state index contributed by atoms with van der Waals surface area (Å²) >= 11 is 1.73. The van der Waals surface area contributed by atoms with Crippen molar-refractivity contribution >= 4 is 17.1 Å². The SMILES string of the molecule is CN(Cc1ccsc1)CC1CCCC(C)(C)C1=O. The summed E-state index contributed by atoms with van der Waals surface area (Å²) < 4.78 is 0. The van der Waals surface area contributed by atoms with Gasteiger partial charge in [0.2, 0.25) is 0 Å².